The first-order chi connectivity index (χ1) is 28.5. The first-order valence-corrected chi connectivity index (χ1v) is 19.3. The molecule has 320 valence electrons. The highest BCUT2D eigenvalue weighted by Crippen LogP contribution is 2.36. The van der Waals surface area contributed by atoms with Gasteiger partial charge >= 0.3 is 12.2 Å². The highest BCUT2D eigenvalue weighted by atomic mass is 16.6. The number of imide groups is 8. The van der Waals surface area contributed by atoms with Crippen LogP contribution in [0.2, 0.25) is 0 Å². The standard InChI is InChI=1S/C41H42N6O14/c1-40(2,3)60-38(58)46-28(50)18-16-24(34(46)54)44-32(52)20-10-7-12-22(30(20)36(44)56)42-26(48)14-9-15-27(49)43-23-13-8-11-21-31(23)37(57)45(33(21)53)25-17-19-29(51)47(35(25)55)39(59)61-41(4,5)6/h7-8,10-13,24-25H,9,14-19H2,1-6H3,(H,42,48)(H,43,49). The zero-order valence-corrected chi connectivity index (χ0v) is 34.1. The quantitative estimate of drug-likeness (QED) is 0.361. The molecule has 20 heteroatoms. The smallest absolute Gasteiger partial charge is 0.424 e. The monoisotopic (exact) mass is 842 g/mol. The van der Waals surface area contributed by atoms with Crippen LogP contribution in [0.15, 0.2) is 36.4 Å². The molecule has 20 nitrogen and oxygen atoms in total. The number of nitrogens with one attached hydrogen (secondary N) is 2. The molecule has 2 N–H and O–H groups in total. The first-order valence-electron chi connectivity index (χ1n) is 19.3. The van der Waals surface area contributed by atoms with E-state index in [0.717, 1.165) is 0 Å². The minimum atomic E-state index is -1.50. The molecule has 2 saturated heterocycles. The van der Waals surface area contributed by atoms with Crippen molar-refractivity contribution in [1.82, 2.24) is 19.6 Å². The fraction of sp³-hybridized carbons (Fsp3) is 0.415. The number of amides is 12. The molecule has 2 aromatic carbocycles. The van der Waals surface area contributed by atoms with E-state index in [1.165, 1.54) is 77.9 Å². The lowest BCUT2D eigenvalue weighted by Crippen LogP contribution is -2.58. The lowest BCUT2D eigenvalue weighted by atomic mass is 10.0. The molecule has 2 fully saturated rings. The molecule has 2 atom stereocenters. The molecule has 0 bridgehead atoms. The molecule has 2 aromatic rings. The van der Waals surface area contributed by atoms with E-state index in [9.17, 15) is 57.5 Å². The molecule has 0 aliphatic carbocycles. The van der Waals surface area contributed by atoms with E-state index in [2.05, 4.69) is 10.6 Å². The number of piperidine rings is 2. The number of carbonyl (C=O) groups excluding carboxylic acids is 12. The average Bonchev–Trinajstić information content (AvgIpc) is 3.55. The Morgan fingerprint density at radius 3 is 1.28 bits per heavy atom. The number of rotatable bonds is 8. The lowest BCUT2D eigenvalue weighted by Gasteiger charge is -2.34. The third-order valence-electron chi connectivity index (χ3n) is 9.80. The Balaban J connectivity index is 1.07. The molecular formula is C41H42N6O14. The number of anilines is 2. The Kier molecular flexibility index (Phi) is 11.5. The summed E-state index contributed by atoms with van der Waals surface area (Å²) in [5.41, 5.74) is -2.89. The maximum Gasteiger partial charge on any atom is 0.424 e. The van der Waals surface area contributed by atoms with Gasteiger partial charge in [-0.25, -0.2) is 9.59 Å². The van der Waals surface area contributed by atoms with Crippen LogP contribution in [0.4, 0.5) is 21.0 Å². The predicted molar refractivity (Wildman–Crippen MR) is 207 cm³/mol. The fourth-order valence-corrected chi connectivity index (χ4v) is 7.23. The molecular weight excluding hydrogens is 800 g/mol. The lowest BCUT2D eigenvalue weighted by molar-refractivity contribution is -0.151. The van der Waals surface area contributed by atoms with E-state index >= 15 is 0 Å². The summed E-state index contributed by atoms with van der Waals surface area (Å²) in [7, 11) is 0. The molecule has 0 aromatic heterocycles. The van der Waals surface area contributed by atoms with Gasteiger partial charge < -0.3 is 20.1 Å². The number of likely N-dealkylation sites (tertiary alicyclic amines) is 2. The molecule has 61 heavy (non-hydrogen) atoms. The van der Waals surface area contributed by atoms with Crippen molar-refractivity contribution in [2.75, 3.05) is 10.6 Å². The fourth-order valence-electron chi connectivity index (χ4n) is 7.23. The van der Waals surface area contributed by atoms with Crippen LogP contribution in [0.3, 0.4) is 0 Å². The molecule has 4 heterocycles. The van der Waals surface area contributed by atoms with Crippen molar-refractivity contribution in [3.05, 3.63) is 58.7 Å². The van der Waals surface area contributed by atoms with E-state index < -0.39 is 94.5 Å². The average molecular weight is 843 g/mol. The van der Waals surface area contributed by atoms with Crippen LogP contribution in [-0.4, -0.2) is 114 Å². The first kappa shape index (κ1) is 43.5. The largest absolute Gasteiger partial charge is 0.443 e. The van der Waals surface area contributed by atoms with Crippen molar-refractivity contribution in [2.24, 2.45) is 0 Å². The van der Waals surface area contributed by atoms with Crippen LogP contribution >= 0.6 is 0 Å². The number of benzene rings is 2. The minimum Gasteiger partial charge on any atom is -0.443 e. The summed E-state index contributed by atoms with van der Waals surface area (Å²) in [4.78, 5) is 160. The summed E-state index contributed by atoms with van der Waals surface area (Å²) < 4.78 is 10.4. The Hall–Kier alpha value is -7.12. The molecule has 4 aliphatic heterocycles. The van der Waals surface area contributed by atoms with E-state index in [-0.39, 0.29) is 88.4 Å². The van der Waals surface area contributed by atoms with E-state index in [4.69, 9.17) is 9.47 Å². The normalized spacial score (nSPS) is 19.3. The Bertz CT molecular complexity index is 2200. The van der Waals surface area contributed by atoms with Gasteiger partial charge in [0.2, 0.25) is 23.6 Å². The molecule has 0 saturated carbocycles. The predicted octanol–water partition coefficient (Wildman–Crippen LogP) is 3.53. The summed E-state index contributed by atoms with van der Waals surface area (Å²) in [5.74, 6) is -8.83. The van der Waals surface area contributed by atoms with Crippen LogP contribution < -0.4 is 10.6 Å². The number of hydrogen-bond acceptors (Lipinski definition) is 14. The number of nitrogens with zero attached hydrogens (tertiary/aromatic N) is 4. The van der Waals surface area contributed by atoms with Gasteiger partial charge in [-0.3, -0.25) is 57.7 Å². The van der Waals surface area contributed by atoms with Gasteiger partial charge in [0, 0.05) is 25.7 Å². The molecule has 2 unspecified atom stereocenters. The summed E-state index contributed by atoms with van der Waals surface area (Å²) in [6, 6.07) is 5.18. The van der Waals surface area contributed by atoms with Crippen LogP contribution in [0.5, 0.6) is 0 Å². The topological polar surface area (TPSA) is 260 Å². The number of carbonyl (C=O) groups is 12. The van der Waals surface area contributed by atoms with Crippen LogP contribution in [0.25, 0.3) is 0 Å². The molecule has 0 radical (unpaired) electrons. The van der Waals surface area contributed by atoms with Gasteiger partial charge in [0.1, 0.15) is 23.3 Å². The maximum atomic E-state index is 13.7. The Morgan fingerprint density at radius 1 is 0.574 bits per heavy atom. The van der Waals surface area contributed by atoms with Crippen molar-refractivity contribution < 1.29 is 67.0 Å². The number of hydrogen-bond donors (Lipinski definition) is 2. The Labute approximate surface area is 347 Å². The zero-order chi connectivity index (χ0) is 44.9. The van der Waals surface area contributed by atoms with Gasteiger partial charge in [-0.2, -0.15) is 9.80 Å². The van der Waals surface area contributed by atoms with Crippen molar-refractivity contribution in [3.8, 4) is 0 Å². The number of fused-ring (bicyclic) bond motifs is 2. The van der Waals surface area contributed by atoms with Gasteiger partial charge in [-0.15, -0.1) is 0 Å². The SMILES string of the molecule is CC(C)(C)OC(=O)N1C(=O)CCC(N2C(=O)c3cccc(NC(=O)CCCC(=O)Nc4cccc5c4C(=O)N(C4CCC(=O)N(C(=O)OC(C)(C)C)C4=O)C5=O)c3C2=O)C1=O. The van der Waals surface area contributed by atoms with Crippen LogP contribution in [0, 0.1) is 0 Å². The second-order valence-corrected chi connectivity index (χ2v) is 16.6. The summed E-state index contributed by atoms with van der Waals surface area (Å²) in [6.07, 6.45) is -4.19. The third kappa shape index (κ3) is 8.50. The van der Waals surface area contributed by atoms with Crippen molar-refractivity contribution >= 4 is 82.6 Å². The van der Waals surface area contributed by atoms with Crippen LogP contribution in [0.1, 0.15) is 128 Å². The van der Waals surface area contributed by atoms with E-state index in [0.29, 0.717) is 9.80 Å². The second kappa shape index (κ2) is 16.1. The number of ether oxygens (including phenoxy) is 2. The van der Waals surface area contributed by atoms with Gasteiger partial charge in [-0.1, -0.05) is 12.1 Å². The Morgan fingerprint density at radius 2 is 0.934 bits per heavy atom. The van der Waals surface area contributed by atoms with E-state index in [1.807, 2.05) is 0 Å². The molecule has 0 spiro atoms. The van der Waals surface area contributed by atoms with Crippen molar-refractivity contribution in [3.63, 3.8) is 0 Å². The summed E-state index contributed by atoms with van der Waals surface area (Å²) in [6.45, 7) is 9.21. The van der Waals surface area contributed by atoms with Crippen molar-refractivity contribution in [2.45, 2.75) is 110 Å². The van der Waals surface area contributed by atoms with E-state index in [1.54, 1.807) is 0 Å². The zero-order valence-electron chi connectivity index (χ0n) is 34.1. The molecule has 12 amide bonds. The highest BCUT2D eigenvalue weighted by molar-refractivity contribution is 6.28. The second-order valence-electron chi connectivity index (χ2n) is 16.6. The molecule has 6 rings (SSSR count). The third-order valence-corrected chi connectivity index (χ3v) is 9.80. The van der Waals surface area contributed by atoms with Crippen molar-refractivity contribution in [1.29, 1.82) is 0 Å². The van der Waals surface area contributed by atoms with Gasteiger partial charge in [-0.05, 0) is 85.1 Å². The van der Waals surface area contributed by atoms with Gasteiger partial charge in [0.25, 0.3) is 35.4 Å². The minimum absolute atomic E-state index is 0.0457. The maximum absolute atomic E-state index is 13.7. The summed E-state index contributed by atoms with van der Waals surface area (Å²) in [5, 5.41) is 5.11. The van der Waals surface area contributed by atoms with Gasteiger partial charge in [0.15, 0.2) is 0 Å². The highest BCUT2D eigenvalue weighted by Gasteiger charge is 2.52. The van der Waals surface area contributed by atoms with Gasteiger partial charge in [0.05, 0.1) is 33.6 Å². The van der Waals surface area contributed by atoms with Crippen LogP contribution in [-0.2, 0) is 38.2 Å². The molecule has 4 aliphatic rings. The summed E-state index contributed by atoms with van der Waals surface area (Å²) >= 11 is 0.